The van der Waals surface area contributed by atoms with E-state index >= 15 is 0 Å². The Balaban J connectivity index is 1.01. The minimum atomic E-state index is -0.214. The molecule has 0 bridgehead atoms. The van der Waals surface area contributed by atoms with Gasteiger partial charge in [0, 0.05) is 53.0 Å². The number of anilines is 2. The maximum Gasteiger partial charge on any atom is 0.232 e. The summed E-state index contributed by atoms with van der Waals surface area (Å²) in [5.74, 6) is 0.0350. The zero-order valence-corrected chi connectivity index (χ0v) is 23.5. The number of nitrogens with one attached hydrogen (secondary N) is 3. The summed E-state index contributed by atoms with van der Waals surface area (Å²) >= 11 is 2.80. The number of carbonyl (C=O) groups is 2. The van der Waals surface area contributed by atoms with Crippen molar-refractivity contribution in [2.75, 3.05) is 17.2 Å². The van der Waals surface area contributed by atoms with Crippen molar-refractivity contribution in [2.24, 2.45) is 4.99 Å². The molecule has 0 saturated heterocycles. The lowest BCUT2D eigenvalue weighted by molar-refractivity contribution is -0.116. The Morgan fingerprint density at radius 1 is 0.854 bits per heavy atom. The van der Waals surface area contributed by atoms with Gasteiger partial charge in [-0.2, -0.15) is 0 Å². The number of rotatable bonds is 10. The Hall–Kier alpha value is -4.30. The lowest BCUT2D eigenvalue weighted by Gasteiger charge is -2.25. The lowest BCUT2D eigenvalue weighted by Crippen LogP contribution is -2.15. The molecule has 0 aromatic carbocycles. The second-order valence-corrected chi connectivity index (χ2v) is 11.9. The molecule has 4 aromatic heterocycles. The molecule has 41 heavy (non-hydrogen) atoms. The van der Waals surface area contributed by atoms with E-state index in [1.807, 2.05) is 12.1 Å². The van der Waals surface area contributed by atoms with Crippen molar-refractivity contribution in [1.82, 2.24) is 30.4 Å². The van der Waals surface area contributed by atoms with E-state index in [1.165, 1.54) is 28.9 Å². The van der Waals surface area contributed by atoms with Crippen LogP contribution in [-0.2, 0) is 22.4 Å². The van der Waals surface area contributed by atoms with Crippen molar-refractivity contribution in [1.29, 1.82) is 5.41 Å². The van der Waals surface area contributed by atoms with E-state index in [1.54, 1.807) is 24.5 Å². The number of hydrogen-bond donors (Lipinski definition) is 3. The first kappa shape index (κ1) is 26.9. The van der Waals surface area contributed by atoms with Gasteiger partial charge in [-0.25, -0.2) is 0 Å². The molecular formula is C27H26N10O2S2. The van der Waals surface area contributed by atoms with Gasteiger partial charge < -0.3 is 16.0 Å². The highest BCUT2D eigenvalue weighted by atomic mass is 32.1. The fourth-order valence-corrected chi connectivity index (χ4v) is 6.56. The molecule has 3 N–H and O–H groups in total. The highest BCUT2D eigenvalue weighted by Gasteiger charge is 2.29. The first-order valence-electron chi connectivity index (χ1n) is 13.2. The van der Waals surface area contributed by atoms with Gasteiger partial charge in [0.2, 0.25) is 22.1 Å². The molecule has 1 aliphatic heterocycles. The quantitative estimate of drug-likeness (QED) is 0.236. The first-order chi connectivity index (χ1) is 20.0. The summed E-state index contributed by atoms with van der Waals surface area (Å²) in [5.41, 5.74) is 4.05. The van der Waals surface area contributed by atoms with Crippen LogP contribution >= 0.6 is 22.7 Å². The van der Waals surface area contributed by atoms with Gasteiger partial charge in [0.05, 0.1) is 25.1 Å². The van der Waals surface area contributed by atoms with E-state index in [0.29, 0.717) is 27.2 Å². The number of pyridine rings is 2. The van der Waals surface area contributed by atoms with Gasteiger partial charge in [-0.3, -0.25) is 24.5 Å². The Kier molecular flexibility index (Phi) is 7.91. The molecule has 14 heteroatoms. The molecule has 1 saturated carbocycles. The van der Waals surface area contributed by atoms with Gasteiger partial charge in [-0.1, -0.05) is 35.2 Å². The van der Waals surface area contributed by atoms with Crippen molar-refractivity contribution < 1.29 is 9.59 Å². The van der Waals surface area contributed by atoms with Crippen LogP contribution < -0.4 is 10.6 Å². The molecule has 208 valence electrons. The van der Waals surface area contributed by atoms with Crippen molar-refractivity contribution >= 4 is 56.7 Å². The molecule has 1 fully saturated rings. The fourth-order valence-electron chi connectivity index (χ4n) is 4.74. The maximum absolute atomic E-state index is 12.6. The molecular weight excluding hydrogens is 560 g/mol. The molecule has 2 amide bonds. The van der Waals surface area contributed by atoms with Crippen molar-refractivity contribution in [3.8, 4) is 0 Å². The van der Waals surface area contributed by atoms with E-state index in [2.05, 4.69) is 46.0 Å². The van der Waals surface area contributed by atoms with Gasteiger partial charge in [0.15, 0.2) is 0 Å². The third-order valence-electron chi connectivity index (χ3n) is 6.92. The summed E-state index contributed by atoms with van der Waals surface area (Å²) in [4.78, 5) is 37.8. The van der Waals surface area contributed by atoms with Crippen molar-refractivity contribution in [3.05, 3.63) is 69.2 Å². The predicted molar refractivity (Wildman–Crippen MR) is 156 cm³/mol. The van der Waals surface area contributed by atoms with E-state index in [9.17, 15) is 9.59 Å². The smallest absolute Gasteiger partial charge is 0.232 e. The SMILES string of the molecule is N=Cc1ccc(CC(=O)Nc2nnc(C3CCCC(c4nnc(NC(=O)Cc5ccc(C6=NC6)cn5)s4)C3)s2)nc1. The van der Waals surface area contributed by atoms with Crippen LogP contribution in [0.25, 0.3) is 0 Å². The molecule has 2 unspecified atom stereocenters. The molecule has 0 spiro atoms. The zero-order valence-electron chi connectivity index (χ0n) is 21.9. The third kappa shape index (κ3) is 6.89. The molecule has 2 aliphatic rings. The Morgan fingerprint density at radius 2 is 1.44 bits per heavy atom. The summed E-state index contributed by atoms with van der Waals surface area (Å²) in [6.07, 6.45) is 8.67. The second-order valence-electron chi connectivity index (χ2n) is 9.93. The Bertz CT molecular complexity index is 1600. The molecule has 5 heterocycles. The average molecular weight is 587 g/mol. The lowest BCUT2D eigenvalue weighted by atomic mass is 9.82. The summed E-state index contributed by atoms with van der Waals surface area (Å²) in [6, 6.07) is 7.28. The number of carbonyl (C=O) groups excluding carboxylic acids is 2. The minimum absolute atomic E-state index is 0.119. The third-order valence-corrected chi connectivity index (χ3v) is 8.92. The molecule has 12 nitrogen and oxygen atoms in total. The molecule has 4 aromatic rings. The van der Waals surface area contributed by atoms with Crippen LogP contribution in [0.4, 0.5) is 10.3 Å². The van der Waals surface area contributed by atoms with Gasteiger partial charge in [0.25, 0.3) is 0 Å². The topological polar surface area (TPSA) is 172 Å². The van der Waals surface area contributed by atoms with Gasteiger partial charge in [0.1, 0.15) is 10.0 Å². The van der Waals surface area contributed by atoms with Crippen molar-refractivity contribution in [2.45, 2.75) is 50.4 Å². The summed E-state index contributed by atoms with van der Waals surface area (Å²) < 4.78 is 0. The monoisotopic (exact) mass is 586 g/mol. The normalized spacial score (nSPS) is 17.9. The number of nitrogens with zero attached hydrogens (tertiary/aromatic N) is 7. The highest BCUT2D eigenvalue weighted by molar-refractivity contribution is 7.15. The largest absolute Gasteiger partial charge is 0.308 e. The van der Waals surface area contributed by atoms with Crippen LogP contribution in [0.1, 0.15) is 70.0 Å². The van der Waals surface area contributed by atoms with Crippen molar-refractivity contribution in [3.63, 3.8) is 0 Å². The highest BCUT2D eigenvalue weighted by Crippen LogP contribution is 2.43. The zero-order chi connectivity index (χ0) is 28.2. The predicted octanol–water partition coefficient (Wildman–Crippen LogP) is 3.78. The minimum Gasteiger partial charge on any atom is -0.308 e. The molecule has 0 radical (unpaired) electrons. The Morgan fingerprint density at radius 3 is 1.93 bits per heavy atom. The van der Waals surface area contributed by atoms with Crippen LogP contribution in [0.5, 0.6) is 0 Å². The number of aliphatic imine (C=N–C) groups is 1. The Labute approximate surface area is 243 Å². The van der Waals surface area contributed by atoms with Crippen LogP contribution in [0.3, 0.4) is 0 Å². The summed E-state index contributed by atoms with van der Waals surface area (Å²) in [6.45, 7) is 0.769. The molecule has 2 atom stereocenters. The maximum atomic E-state index is 12.6. The van der Waals surface area contributed by atoms with E-state index in [-0.39, 0.29) is 36.5 Å². The first-order valence-corrected chi connectivity index (χ1v) is 14.9. The van der Waals surface area contributed by atoms with E-state index in [4.69, 9.17) is 5.41 Å². The standard InChI is InChI=1S/C27H26N10O2S2/c28-11-15-4-6-19(29-12-15)9-22(38)32-26-36-34-24(40-26)16-2-1-3-17(8-16)25-35-37-27(41-25)33-23(39)10-20-7-5-18(13-30-20)21-14-31-21/h4-7,11-13,16-17,28H,1-3,8-10,14H2,(H,32,36,38)(H,33,37,39). The van der Waals surface area contributed by atoms with Gasteiger partial charge in [-0.15, -0.1) is 20.4 Å². The summed E-state index contributed by atoms with van der Waals surface area (Å²) in [7, 11) is 0. The van der Waals surface area contributed by atoms with E-state index in [0.717, 1.165) is 53.5 Å². The fraction of sp³-hybridized carbons (Fsp3) is 0.333. The average Bonchev–Trinajstić information content (AvgIpc) is 3.56. The van der Waals surface area contributed by atoms with Gasteiger partial charge >= 0.3 is 0 Å². The molecule has 1 aliphatic carbocycles. The number of amides is 2. The summed E-state index contributed by atoms with van der Waals surface area (Å²) in [5, 5.41) is 32.8. The van der Waals surface area contributed by atoms with Gasteiger partial charge in [-0.05, 0) is 37.5 Å². The number of hydrogen-bond acceptors (Lipinski definition) is 12. The van der Waals surface area contributed by atoms with Crippen LogP contribution in [-0.4, -0.2) is 60.6 Å². The van der Waals surface area contributed by atoms with Crippen LogP contribution in [0.2, 0.25) is 0 Å². The van der Waals surface area contributed by atoms with E-state index < -0.39 is 0 Å². The number of aromatic nitrogens is 6. The van der Waals surface area contributed by atoms with Crippen LogP contribution in [0.15, 0.2) is 41.7 Å². The van der Waals surface area contributed by atoms with Crippen LogP contribution in [0, 0.1) is 5.41 Å². The molecule has 6 rings (SSSR count). The second kappa shape index (κ2) is 12.1.